The Morgan fingerprint density at radius 3 is 2.37 bits per heavy atom. The van der Waals surface area contributed by atoms with Gasteiger partial charge in [-0.25, -0.2) is 0 Å². The first kappa shape index (κ1) is 24.0. The normalized spacial score (nSPS) is 29.1. The molecular formula is C20H36O7. The molecule has 0 spiro atoms. The molecule has 27 heavy (non-hydrogen) atoms. The second-order valence-corrected chi connectivity index (χ2v) is 7.72. The van der Waals surface area contributed by atoms with Gasteiger partial charge in [0.15, 0.2) is 0 Å². The van der Waals surface area contributed by atoms with Gasteiger partial charge in [-0.15, -0.1) is 0 Å². The number of aliphatic hydroxyl groups excluding tert-OH is 5. The zero-order chi connectivity index (χ0) is 20.4. The molecule has 0 aromatic heterocycles. The predicted octanol–water partition coefficient (Wildman–Crippen LogP) is 1.21. The van der Waals surface area contributed by atoms with Crippen molar-refractivity contribution in [2.24, 2.45) is 11.8 Å². The Bertz CT molecular complexity index is 454. The van der Waals surface area contributed by atoms with E-state index in [1.54, 1.807) is 12.2 Å². The van der Waals surface area contributed by atoms with Crippen LogP contribution in [-0.2, 0) is 4.79 Å². The Labute approximate surface area is 161 Å². The maximum absolute atomic E-state index is 10.5. The molecule has 7 nitrogen and oxygen atoms in total. The molecule has 158 valence electrons. The molecule has 0 heterocycles. The van der Waals surface area contributed by atoms with Crippen LogP contribution < -0.4 is 0 Å². The lowest BCUT2D eigenvalue weighted by atomic mass is 9.86. The monoisotopic (exact) mass is 388 g/mol. The van der Waals surface area contributed by atoms with Crippen molar-refractivity contribution in [3.63, 3.8) is 0 Å². The molecule has 0 aliphatic heterocycles. The van der Waals surface area contributed by atoms with E-state index in [1.807, 2.05) is 0 Å². The van der Waals surface area contributed by atoms with E-state index in [9.17, 15) is 30.3 Å². The van der Waals surface area contributed by atoms with Crippen LogP contribution in [0.25, 0.3) is 0 Å². The highest BCUT2D eigenvalue weighted by atomic mass is 16.4. The van der Waals surface area contributed by atoms with E-state index in [0.717, 1.165) is 19.3 Å². The van der Waals surface area contributed by atoms with Gasteiger partial charge >= 0.3 is 5.97 Å². The van der Waals surface area contributed by atoms with Gasteiger partial charge in [-0.3, -0.25) is 4.79 Å². The summed E-state index contributed by atoms with van der Waals surface area (Å²) in [5.74, 6) is -1.78. The first-order chi connectivity index (χ1) is 12.8. The van der Waals surface area contributed by atoms with Crippen molar-refractivity contribution in [3.8, 4) is 0 Å². The fourth-order valence-corrected chi connectivity index (χ4v) is 3.75. The summed E-state index contributed by atoms with van der Waals surface area (Å²) in [6.45, 7) is 2.09. The van der Waals surface area contributed by atoms with Gasteiger partial charge in [0.2, 0.25) is 0 Å². The van der Waals surface area contributed by atoms with Crippen LogP contribution in [0.2, 0.25) is 0 Å². The van der Waals surface area contributed by atoms with Gasteiger partial charge in [0.1, 0.15) is 0 Å². The van der Waals surface area contributed by atoms with Crippen LogP contribution in [0.4, 0.5) is 0 Å². The van der Waals surface area contributed by atoms with Crippen molar-refractivity contribution < 1.29 is 35.4 Å². The summed E-state index contributed by atoms with van der Waals surface area (Å²) in [5.41, 5.74) is 0. The van der Waals surface area contributed by atoms with E-state index in [2.05, 4.69) is 6.92 Å². The molecule has 1 fully saturated rings. The van der Waals surface area contributed by atoms with E-state index < -0.39 is 48.3 Å². The van der Waals surface area contributed by atoms with Gasteiger partial charge < -0.3 is 30.6 Å². The molecule has 1 saturated carbocycles. The van der Waals surface area contributed by atoms with Crippen molar-refractivity contribution in [2.45, 2.75) is 95.2 Å². The lowest BCUT2D eigenvalue weighted by Gasteiger charge is -2.26. The number of aliphatic carboxylic acids is 1. The van der Waals surface area contributed by atoms with E-state index in [-0.39, 0.29) is 32.1 Å². The molecule has 1 rings (SSSR count). The third-order valence-corrected chi connectivity index (χ3v) is 5.42. The number of carboxylic acid groups (broad SMARTS) is 1. The molecule has 7 atom stereocenters. The van der Waals surface area contributed by atoms with Gasteiger partial charge in [-0.05, 0) is 31.6 Å². The van der Waals surface area contributed by atoms with E-state index in [1.165, 1.54) is 0 Å². The SMILES string of the molecule is CCCCCC(O)C=CC1C(O)CC(O)C1CC(O)C(O)CCCC(=O)O. The van der Waals surface area contributed by atoms with Crippen LogP contribution in [0.5, 0.6) is 0 Å². The van der Waals surface area contributed by atoms with Crippen LogP contribution in [0.1, 0.15) is 64.7 Å². The van der Waals surface area contributed by atoms with E-state index >= 15 is 0 Å². The Kier molecular flexibility index (Phi) is 11.1. The van der Waals surface area contributed by atoms with Crippen molar-refractivity contribution in [3.05, 3.63) is 12.2 Å². The lowest BCUT2D eigenvalue weighted by molar-refractivity contribution is -0.137. The van der Waals surface area contributed by atoms with E-state index in [4.69, 9.17) is 5.11 Å². The number of aliphatic hydroxyl groups is 5. The van der Waals surface area contributed by atoms with E-state index in [0.29, 0.717) is 6.42 Å². The molecule has 0 saturated heterocycles. The van der Waals surface area contributed by atoms with Crippen molar-refractivity contribution in [1.82, 2.24) is 0 Å². The predicted molar refractivity (Wildman–Crippen MR) is 101 cm³/mol. The molecule has 0 amide bonds. The highest BCUT2D eigenvalue weighted by Crippen LogP contribution is 2.37. The van der Waals surface area contributed by atoms with Gasteiger partial charge in [-0.2, -0.15) is 0 Å². The summed E-state index contributed by atoms with van der Waals surface area (Å²) in [6.07, 6.45) is 3.34. The zero-order valence-corrected chi connectivity index (χ0v) is 16.2. The summed E-state index contributed by atoms with van der Waals surface area (Å²) < 4.78 is 0. The lowest BCUT2D eigenvalue weighted by Crippen LogP contribution is -2.33. The minimum atomic E-state index is -1.10. The number of carboxylic acids is 1. The maximum atomic E-state index is 10.5. The average molecular weight is 389 g/mol. The average Bonchev–Trinajstić information content (AvgIpc) is 2.86. The molecule has 6 N–H and O–H groups in total. The molecule has 0 aromatic carbocycles. The van der Waals surface area contributed by atoms with Gasteiger partial charge in [0.05, 0.1) is 30.5 Å². The molecule has 7 unspecified atom stereocenters. The Morgan fingerprint density at radius 2 is 1.74 bits per heavy atom. The molecule has 0 aromatic rings. The number of rotatable bonds is 13. The zero-order valence-electron chi connectivity index (χ0n) is 16.2. The summed E-state index contributed by atoms with van der Waals surface area (Å²) in [4.78, 5) is 10.5. The number of hydrogen-bond acceptors (Lipinski definition) is 6. The highest BCUT2D eigenvalue weighted by molar-refractivity contribution is 5.66. The van der Waals surface area contributed by atoms with Gasteiger partial charge in [0, 0.05) is 18.8 Å². The van der Waals surface area contributed by atoms with Gasteiger partial charge in [-0.1, -0.05) is 38.3 Å². The van der Waals surface area contributed by atoms with Crippen molar-refractivity contribution >= 4 is 5.97 Å². The largest absolute Gasteiger partial charge is 0.481 e. The van der Waals surface area contributed by atoms with Crippen molar-refractivity contribution in [1.29, 1.82) is 0 Å². The van der Waals surface area contributed by atoms with Crippen LogP contribution in [0.3, 0.4) is 0 Å². The quantitative estimate of drug-likeness (QED) is 0.206. The fourth-order valence-electron chi connectivity index (χ4n) is 3.75. The maximum Gasteiger partial charge on any atom is 0.303 e. The fraction of sp³-hybridized carbons (Fsp3) is 0.850. The molecule has 1 aliphatic carbocycles. The van der Waals surface area contributed by atoms with Crippen LogP contribution in [-0.4, -0.2) is 67.1 Å². The molecule has 0 radical (unpaired) electrons. The minimum Gasteiger partial charge on any atom is -0.481 e. The molecule has 1 aliphatic rings. The second kappa shape index (κ2) is 12.5. The third-order valence-electron chi connectivity index (χ3n) is 5.42. The molecule has 0 bridgehead atoms. The third kappa shape index (κ3) is 8.70. The van der Waals surface area contributed by atoms with Gasteiger partial charge in [0.25, 0.3) is 0 Å². The standard InChI is InChI=1S/C20H36O7/c1-2-3-4-6-13(21)9-10-14-15(18(24)12-17(14)23)11-19(25)16(22)7-5-8-20(26)27/h9-10,13-19,21-25H,2-8,11-12H2,1H3,(H,26,27). The van der Waals surface area contributed by atoms with Crippen LogP contribution in [0.15, 0.2) is 12.2 Å². The number of carbonyl (C=O) groups is 1. The summed E-state index contributed by atoms with van der Waals surface area (Å²) in [5, 5.41) is 59.3. The number of unbranched alkanes of at least 4 members (excludes halogenated alkanes) is 2. The Balaban J connectivity index is 2.58. The highest BCUT2D eigenvalue weighted by Gasteiger charge is 2.41. The Hall–Kier alpha value is -0.990. The summed E-state index contributed by atoms with van der Waals surface area (Å²) >= 11 is 0. The smallest absolute Gasteiger partial charge is 0.303 e. The van der Waals surface area contributed by atoms with Crippen LogP contribution >= 0.6 is 0 Å². The first-order valence-corrected chi connectivity index (χ1v) is 10.1. The van der Waals surface area contributed by atoms with Crippen molar-refractivity contribution in [2.75, 3.05) is 0 Å². The summed E-state index contributed by atoms with van der Waals surface area (Å²) in [6, 6.07) is 0. The van der Waals surface area contributed by atoms with Crippen LogP contribution in [0, 0.1) is 11.8 Å². The molecule has 7 heteroatoms. The minimum absolute atomic E-state index is 0.0736. The molecular weight excluding hydrogens is 352 g/mol. The second-order valence-electron chi connectivity index (χ2n) is 7.72. The summed E-state index contributed by atoms with van der Waals surface area (Å²) in [7, 11) is 0. The Morgan fingerprint density at radius 1 is 1.04 bits per heavy atom. The number of hydrogen-bond donors (Lipinski definition) is 6. The topological polar surface area (TPSA) is 138 Å². The first-order valence-electron chi connectivity index (χ1n) is 10.1.